The number of aromatic nitrogens is 1. The van der Waals surface area contributed by atoms with Gasteiger partial charge in [0.05, 0.1) is 42.7 Å². The molecule has 1 aromatic heterocycles. The number of hydrogen-bond acceptors (Lipinski definition) is 8. The van der Waals surface area contributed by atoms with Gasteiger partial charge in [-0.2, -0.15) is 0 Å². The zero-order valence-electron chi connectivity index (χ0n) is 19.2. The van der Waals surface area contributed by atoms with Crippen LogP contribution < -0.4 is 24.4 Å². The fourth-order valence-electron chi connectivity index (χ4n) is 3.85. The number of hydrogen-bond donors (Lipinski definition) is 1. The summed E-state index contributed by atoms with van der Waals surface area (Å²) >= 11 is 1.22. The number of carbonyl (C=O) groups is 1. The normalized spacial score (nSPS) is 15.5. The fraction of sp³-hybridized carbons (Fsp3) is 0.240. The van der Waals surface area contributed by atoms with Crippen molar-refractivity contribution in [1.82, 2.24) is 4.57 Å². The van der Waals surface area contributed by atoms with E-state index in [9.17, 15) is 14.7 Å². The number of nitrogens with zero attached hydrogens (tertiary/aromatic N) is 2. The molecule has 3 aromatic rings. The van der Waals surface area contributed by atoms with Crippen molar-refractivity contribution in [2.75, 3.05) is 20.8 Å². The summed E-state index contributed by atoms with van der Waals surface area (Å²) in [6, 6.07) is 11.4. The Bertz CT molecular complexity index is 1470. The minimum atomic E-state index is -0.720. The number of phenolic OH excluding ortho intramolecular Hbond substituents is 1. The number of benzene rings is 2. The van der Waals surface area contributed by atoms with Gasteiger partial charge in [-0.1, -0.05) is 29.5 Å². The van der Waals surface area contributed by atoms with Crippen LogP contribution in [0.15, 0.2) is 63.5 Å². The van der Waals surface area contributed by atoms with Crippen molar-refractivity contribution >= 4 is 23.4 Å². The summed E-state index contributed by atoms with van der Waals surface area (Å²) in [4.78, 5) is 31.6. The third-order valence-corrected chi connectivity index (χ3v) is 6.41. The monoisotopic (exact) mass is 480 g/mol. The van der Waals surface area contributed by atoms with Crippen LogP contribution in [0.4, 0.5) is 0 Å². The molecule has 2 aromatic carbocycles. The van der Waals surface area contributed by atoms with Crippen LogP contribution in [0.2, 0.25) is 0 Å². The van der Waals surface area contributed by atoms with Crippen molar-refractivity contribution in [2.45, 2.75) is 19.9 Å². The molecule has 0 spiro atoms. The van der Waals surface area contributed by atoms with Crippen molar-refractivity contribution in [3.8, 4) is 17.2 Å². The van der Waals surface area contributed by atoms with E-state index in [4.69, 9.17) is 14.2 Å². The number of methoxy groups -OCH3 is 2. The third kappa shape index (κ3) is 4.22. The van der Waals surface area contributed by atoms with E-state index in [-0.39, 0.29) is 17.9 Å². The summed E-state index contributed by atoms with van der Waals surface area (Å²) in [5.74, 6) is 0.396. The average molecular weight is 481 g/mol. The van der Waals surface area contributed by atoms with E-state index in [1.54, 1.807) is 51.3 Å². The largest absolute Gasteiger partial charge is 0.504 e. The lowest BCUT2D eigenvalue weighted by molar-refractivity contribution is -0.139. The number of allylic oxidation sites excluding steroid dienone is 1. The molecular formula is C25H24N2O6S. The van der Waals surface area contributed by atoms with E-state index in [1.807, 2.05) is 12.1 Å². The number of fused-ring (bicyclic) bond motifs is 1. The molecular weight excluding hydrogens is 456 g/mol. The van der Waals surface area contributed by atoms with Crippen LogP contribution in [0.25, 0.3) is 6.08 Å². The van der Waals surface area contributed by atoms with Gasteiger partial charge in [0.2, 0.25) is 0 Å². The minimum Gasteiger partial charge on any atom is -0.504 e. The fourth-order valence-corrected chi connectivity index (χ4v) is 4.90. The zero-order chi connectivity index (χ0) is 24.4. The van der Waals surface area contributed by atoms with Gasteiger partial charge in [-0.3, -0.25) is 9.36 Å². The van der Waals surface area contributed by atoms with Crippen LogP contribution in [-0.4, -0.2) is 36.5 Å². The highest BCUT2D eigenvalue weighted by atomic mass is 32.1. The second kappa shape index (κ2) is 9.56. The smallest absolute Gasteiger partial charge is 0.338 e. The highest BCUT2D eigenvalue weighted by Gasteiger charge is 2.33. The van der Waals surface area contributed by atoms with Gasteiger partial charge in [0.15, 0.2) is 16.3 Å². The van der Waals surface area contributed by atoms with Crippen molar-refractivity contribution in [3.63, 3.8) is 0 Å². The summed E-state index contributed by atoms with van der Waals surface area (Å²) in [6.45, 7) is 3.67. The molecule has 1 aliphatic rings. The molecule has 0 unspecified atom stereocenters. The number of thiazole rings is 1. The first-order chi connectivity index (χ1) is 16.4. The van der Waals surface area contributed by atoms with E-state index in [2.05, 4.69) is 4.99 Å². The van der Waals surface area contributed by atoms with Crippen molar-refractivity contribution in [2.24, 2.45) is 4.99 Å². The quantitative estimate of drug-likeness (QED) is 0.545. The SMILES string of the molecule is CCOC(=O)C1=C(C)N=c2s/c(=C/c3ccc(O)c(OC)c3)c(=O)n2[C@H]1c1cccc(OC)c1. The summed E-state index contributed by atoms with van der Waals surface area (Å²) in [6.07, 6.45) is 1.71. The van der Waals surface area contributed by atoms with Gasteiger partial charge in [-0.15, -0.1) is 0 Å². The summed E-state index contributed by atoms with van der Waals surface area (Å²) < 4.78 is 17.8. The standard InChI is InChI=1S/C25H24N2O6S/c1-5-33-24(30)21-14(2)26-25-27(22(21)16-7-6-8-17(13-16)31-3)23(29)20(34-25)12-15-9-10-18(28)19(11-15)32-4/h6-13,22,28H,5H2,1-4H3/b20-12+/t22-/m0/s1. The van der Waals surface area contributed by atoms with Crippen molar-refractivity contribution in [3.05, 3.63) is 84.5 Å². The Morgan fingerprint density at radius 3 is 2.71 bits per heavy atom. The molecule has 1 aliphatic heterocycles. The van der Waals surface area contributed by atoms with E-state index >= 15 is 0 Å². The van der Waals surface area contributed by atoms with Crippen LogP contribution in [0.1, 0.15) is 31.0 Å². The lowest BCUT2D eigenvalue weighted by Gasteiger charge is -2.25. The molecule has 8 nitrogen and oxygen atoms in total. The summed E-state index contributed by atoms with van der Waals surface area (Å²) in [7, 11) is 3.02. The Labute approximate surface area is 199 Å². The predicted molar refractivity (Wildman–Crippen MR) is 128 cm³/mol. The average Bonchev–Trinajstić information content (AvgIpc) is 3.13. The summed E-state index contributed by atoms with van der Waals surface area (Å²) in [5.41, 5.74) is 1.89. The van der Waals surface area contributed by atoms with Gasteiger partial charge in [0, 0.05) is 0 Å². The van der Waals surface area contributed by atoms with E-state index in [0.29, 0.717) is 43.2 Å². The second-order valence-electron chi connectivity index (χ2n) is 7.51. The Kier molecular flexibility index (Phi) is 6.56. The van der Waals surface area contributed by atoms with Gasteiger partial charge >= 0.3 is 5.97 Å². The molecule has 0 saturated heterocycles. The first-order valence-electron chi connectivity index (χ1n) is 10.6. The second-order valence-corrected chi connectivity index (χ2v) is 8.52. The number of phenols is 1. The molecule has 1 atom stereocenters. The first kappa shape index (κ1) is 23.3. The van der Waals surface area contributed by atoms with Crippen LogP contribution >= 0.6 is 11.3 Å². The summed E-state index contributed by atoms with van der Waals surface area (Å²) in [5, 5.41) is 9.87. The molecule has 9 heteroatoms. The van der Waals surface area contributed by atoms with E-state index in [0.717, 1.165) is 0 Å². The van der Waals surface area contributed by atoms with Gasteiger partial charge in [-0.05, 0) is 55.3 Å². The van der Waals surface area contributed by atoms with Gasteiger partial charge in [0.1, 0.15) is 5.75 Å². The van der Waals surface area contributed by atoms with E-state index in [1.165, 1.54) is 29.1 Å². The van der Waals surface area contributed by atoms with Crippen molar-refractivity contribution < 1.29 is 24.1 Å². The number of aromatic hydroxyl groups is 1. The van der Waals surface area contributed by atoms with Crippen LogP contribution in [0.3, 0.4) is 0 Å². The highest BCUT2D eigenvalue weighted by molar-refractivity contribution is 7.07. The minimum absolute atomic E-state index is 0.00818. The lowest BCUT2D eigenvalue weighted by Crippen LogP contribution is -2.39. The molecule has 0 bridgehead atoms. The molecule has 4 rings (SSSR count). The number of esters is 1. The number of rotatable bonds is 6. The molecule has 176 valence electrons. The maximum absolute atomic E-state index is 13.6. The molecule has 1 N–H and O–H groups in total. The zero-order valence-corrected chi connectivity index (χ0v) is 20.0. The Morgan fingerprint density at radius 2 is 2.00 bits per heavy atom. The highest BCUT2D eigenvalue weighted by Crippen LogP contribution is 2.32. The number of carbonyl (C=O) groups excluding carboxylic acids is 1. The van der Waals surface area contributed by atoms with Crippen molar-refractivity contribution in [1.29, 1.82) is 0 Å². The molecule has 0 aliphatic carbocycles. The molecule has 2 heterocycles. The molecule has 34 heavy (non-hydrogen) atoms. The first-order valence-corrected chi connectivity index (χ1v) is 11.4. The van der Waals surface area contributed by atoms with Gasteiger partial charge in [0.25, 0.3) is 5.56 Å². The van der Waals surface area contributed by atoms with Gasteiger partial charge in [-0.25, -0.2) is 9.79 Å². The Morgan fingerprint density at radius 1 is 1.21 bits per heavy atom. The Hall–Kier alpha value is -3.85. The third-order valence-electron chi connectivity index (χ3n) is 5.43. The van der Waals surface area contributed by atoms with Crippen LogP contribution in [-0.2, 0) is 9.53 Å². The van der Waals surface area contributed by atoms with Crippen LogP contribution in [0.5, 0.6) is 17.2 Å². The lowest BCUT2D eigenvalue weighted by atomic mass is 9.95. The molecule has 0 radical (unpaired) electrons. The topological polar surface area (TPSA) is 99.4 Å². The maximum atomic E-state index is 13.6. The molecule has 0 fully saturated rings. The van der Waals surface area contributed by atoms with Gasteiger partial charge < -0.3 is 19.3 Å². The Balaban J connectivity index is 1.95. The number of ether oxygens (including phenoxy) is 3. The predicted octanol–water partition coefficient (Wildman–Crippen LogP) is 2.52. The van der Waals surface area contributed by atoms with Crippen LogP contribution in [0, 0.1) is 0 Å². The molecule has 0 amide bonds. The maximum Gasteiger partial charge on any atom is 0.338 e. The molecule has 0 saturated carbocycles. The van der Waals surface area contributed by atoms with E-state index < -0.39 is 12.0 Å².